The number of hydrogen-bond acceptors (Lipinski definition) is 1. The van der Waals surface area contributed by atoms with Crippen molar-refractivity contribution in [3.8, 4) is 0 Å². The maximum absolute atomic E-state index is 13.2. The van der Waals surface area contributed by atoms with Gasteiger partial charge in [-0.25, -0.2) is 4.39 Å². The molecule has 0 bridgehead atoms. The Hall–Kier alpha value is -3.20. The van der Waals surface area contributed by atoms with Gasteiger partial charge in [0.05, 0.1) is 11.4 Å². The van der Waals surface area contributed by atoms with Crippen LogP contribution in [0.15, 0.2) is 72.8 Å². The Morgan fingerprint density at radius 3 is 1.75 bits per heavy atom. The zero-order chi connectivity index (χ0) is 16.5. The summed E-state index contributed by atoms with van der Waals surface area (Å²) in [7, 11) is 0. The summed E-state index contributed by atoms with van der Waals surface area (Å²) in [6, 6.07) is 21.1. The summed E-state index contributed by atoms with van der Waals surface area (Å²) in [6.07, 6.45) is 4.01. The van der Waals surface area contributed by atoms with E-state index in [-0.39, 0.29) is 11.7 Å². The number of para-hydroxylation sites is 2. The number of anilines is 2. The van der Waals surface area contributed by atoms with Gasteiger partial charge >= 0.3 is 0 Å². The van der Waals surface area contributed by atoms with Crippen molar-refractivity contribution in [3.63, 3.8) is 0 Å². The van der Waals surface area contributed by atoms with Crippen molar-refractivity contribution in [2.75, 3.05) is 4.90 Å². The van der Waals surface area contributed by atoms with Gasteiger partial charge in [0.2, 0.25) is 0 Å². The Kier molecular flexibility index (Phi) is 3.47. The number of benzene rings is 3. The first kappa shape index (κ1) is 14.4. The monoisotopic (exact) mass is 315 g/mol. The Bertz CT molecular complexity index is 895. The number of fused-ring (bicyclic) bond motifs is 2. The van der Waals surface area contributed by atoms with Crippen molar-refractivity contribution in [2.24, 2.45) is 0 Å². The molecule has 24 heavy (non-hydrogen) atoms. The van der Waals surface area contributed by atoms with E-state index in [1.54, 1.807) is 4.90 Å². The van der Waals surface area contributed by atoms with Gasteiger partial charge in [0.25, 0.3) is 5.91 Å². The average Bonchev–Trinajstić information content (AvgIpc) is 2.79. The predicted molar refractivity (Wildman–Crippen MR) is 94.7 cm³/mol. The molecule has 1 aliphatic rings. The second kappa shape index (κ2) is 5.78. The fourth-order valence-electron chi connectivity index (χ4n) is 2.91. The third-order valence-corrected chi connectivity index (χ3v) is 4.09. The summed E-state index contributed by atoms with van der Waals surface area (Å²) in [5, 5.41) is 0. The van der Waals surface area contributed by atoms with Crippen LogP contribution in [0.1, 0.15) is 21.5 Å². The molecule has 0 spiro atoms. The van der Waals surface area contributed by atoms with Gasteiger partial charge in [0.1, 0.15) is 5.82 Å². The van der Waals surface area contributed by atoms with Gasteiger partial charge in [-0.15, -0.1) is 0 Å². The highest BCUT2D eigenvalue weighted by Gasteiger charge is 2.24. The summed E-state index contributed by atoms with van der Waals surface area (Å²) < 4.78 is 13.2. The molecule has 2 nitrogen and oxygen atoms in total. The Morgan fingerprint density at radius 2 is 1.21 bits per heavy atom. The van der Waals surface area contributed by atoms with Gasteiger partial charge in [-0.2, -0.15) is 0 Å². The van der Waals surface area contributed by atoms with E-state index in [2.05, 4.69) is 0 Å². The zero-order valence-electron chi connectivity index (χ0n) is 12.8. The molecule has 0 N–H and O–H groups in total. The second-order valence-corrected chi connectivity index (χ2v) is 5.60. The molecule has 0 aromatic heterocycles. The van der Waals surface area contributed by atoms with E-state index in [1.807, 2.05) is 60.7 Å². The maximum Gasteiger partial charge on any atom is 0.262 e. The van der Waals surface area contributed by atoms with Gasteiger partial charge in [0.15, 0.2) is 0 Å². The topological polar surface area (TPSA) is 20.3 Å². The summed E-state index contributed by atoms with van der Waals surface area (Å²) in [5.41, 5.74) is 4.00. The molecule has 0 fully saturated rings. The molecule has 0 saturated carbocycles. The van der Waals surface area contributed by atoms with Gasteiger partial charge in [-0.3, -0.25) is 9.69 Å². The van der Waals surface area contributed by atoms with E-state index >= 15 is 0 Å². The molecule has 0 unspecified atom stereocenters. The van der Waals surface area contributed by atoms with Crippen LogP contribution in [0.5, 0.6) is 0 Å². The van der Waals surface area contributed by atoms with Crippen LogP contribution in [-0.4, -0.2) is 5.91 Å². The third-order valence-electron chi connectivity index (χ3n) is 4.09. The fourth-order valence-corrected chi connectivity index (χ4v) is 2.91. The van der Waals surface area contributed by atoms with Crippen LogP contribution < -0.4 is 4.90 Å². The Balaban J connectivity index is 1.91. The summed E-state index contributed by atoms with van der Waals surface area (Å²) >= 11 is 0. The molecule has 1 heterocycles. The normalized spacial score (nSPS) is 12.3. The quantitative estimate of drug-likeness (QED) is 0.597. The molecule has 0 saturated heterocycles. The van der Waals surface area contributed by atoms with Crippen LogP contribution >= 0.6 is 0 Å². The summed E-state index contributed by atoms with van der Waals surface area (Å²) in [6.45, 7) is 0. The molecule has 3 aromatic rings. The minimum absolute atomic E-state index is 0.182. The van der Waals surface area contributed by atoms with Crippen molar-refractivity contribution in [1.29, 1.82) is 0 Å². The number of hydrogen-bond donors (Lipinski definition) is 0. The lowest BCUT2D eigenvalue weighted by Crippen LogP contribution is -2.26. The molecule has 0 atom stereocenters. The van der Waals surface area contributed by atoms with Crippen LogP contribution in [0.3, 0.4) is 0 Å². The SMILES string of the molecule is O=C(c1ccc(F)cc1)N1c2ccccc2C=Cc2ccccc21. The summed E-state index contributed by atoms with van der Waals surface area (Å²) in [5.74, 6) is -0.538. The van der Waals surface area contributed by atoms with E-state index < -0.39 is 0 Å². The number of nitrogens with zero attached hydrogens (tertiary/aromatic N) is 1. The second-order valence-electron chi connectivity index (χ2n) is 5.60. The fraction of sp³-hybridized carbons (Fsp3) is 0. The standard InChI is InChI=1S/C21H14FNO/c22-18-13-11-17(12-14-18)21(24)23-19-7-3-1-5-15(19)9-10-16-6-2-4-8-20(16)23/h1-14H. The third kappa shape index (κ3) is 2.40. The number of carbonyl (C=O) groups is 1. The highest BCUT2D eigenvalue weighted by atomic mass is 19.1. The van der Waals surface area contributed by atoms with Gasteiger partial charge in [-0.05, 0) is 47.5 Å². The van der Waals surface area contributed by atoms with Crippen molar-refractivity contribution in [1.82, 2.24) is 0 Å². The number of amides is 1. The lowest BCUT2D eigenvalue weighted by atomic mass is 10.1. The average molecular weight is 315 g/mol. The van der Waals surface area contributed by atoms with Crippen LogP contribution in [-0.2, 0) is 0 Å². The predicted octanol–water partition coefficient (Wildman–Crippen LogP) is 5.29. The molecule has 0 radical (unpaired) electrons. The van der Waals surface area contributed by atoms with Gasteiger partial charge in [-0.1, -0.05) is 48.6 Å². The molecular formula is C21H14FNO. The minimum atomic E-state index is -0.357. The molecule has 4 rings (SSSR count). The minimum Gasteiger partial charge on any atom is -0.276 e. The smallest absolute Gasteiger partial charge is 0.262 e. The number of carbonyl (C=O) groups excluding carboxylic acids is 1. The molecule has 3 aromatic carbocycles. The molecule has 0 aliphatic carbocycles. The van der Waals surface area contributed by atoms with Crippen LogP contribution in [0, 0.1) is 5.82 Å². The summed E-state index contributed by atoms with van der Waals surface area (Å²) in [4.78, 5) is 14.9. The van der Waals surface area contributed by atoms with E-state index in [0.29, 0.717) is 5.56 Å². The van der Waals surface area contributed by atoms with Crippen molar-refractivity contribution >= 4 is 29.4 Å². The number of halogens is 1. The van der Waals surface area contributed by atoms with E-state index in [9.17, 15) is 9.18 Å². The molecule has 116 valence electrons. The van der Waals surface area contributed by atoms with Crippen molar-refractivity contribution in [2.45, 2.75) is 0 Å². The van der Waals surface area contributed by atoms with E-state index in [4.69, 9.17) is 0 Å². The first-order valence-corrected chi connectivity index (χ1v) is 7.70. The largest absolute Gasteiger partial charge is 0.276 e. The van der Waals surface area contributed by atoms with E-state index in [1.165, 1.54) is 24.3 Å². The Morgan fingerprint density at radius 1 is 0.708 bits per heavy atom. The maximum atomic E-state index is 13.2. The molecule has 3 heteroatoms. The number of rotatable bonds is 1. The first-order chi connectivity index (χ1) is 11.7. The van der Waals surface area contributed by atoms with Crippen molar-refractivity contribution in [3.05, 3.63) is 95.3 Å². The molecular weight excluding hydrogens is 301 g/mol. The first-order valence-electron chi connectivity index (χ1n) is 7.70. The lowest BCUT2D eigenvalue weighted by molar-refractivity contribution is 0.0999. The molecule has 1 amide bonds. The Labute approximate surface area is 139 Å². The van der Waals surface area contributed by atoms with Crippen LogP contribution in [0.25, 0.3) is 12.2 Å². The van der Waals surface area contributed by atoms with Crippen molar-refractivity contribution < 1.29 is 9.18 Å². The van der Waals surface area contributed by atoms with Crippen LogP contribution in [0.4, 0.5) is 15.8 Å². The van der Waals surface area contributed by atoms with E-state index in [0.717, 1.165) is 22.5 Å². The van der Waals surface area contributed by atoms with Gasteiger partial charge in [0, 0.05) is 5.56 Å². The lowest BCUT2D eigenvalue weighted by Gasteiger charge is -2.25. The van der Waals surface area contributed by atoms with Gasteiger partial charge < -0.3 is 0 Å². The highest BCUT2D eigenvalue weighted by Crippen LogP contribution is 2.37. The molecule has 1 aliphatic heterocycles. The zero-order valence-corrected chi connectivity index (χ0v) is 12.8. The highest BCUT2D eigenvalue weighted by molar-refractivity contribution is 6.14. The van der Waals surface area contributed by atoms with Crippen LogP contribution in [0.2, 0.25) is 0 Å².